The average Bonchev–Trinajstić information content (AvgIpc) is 2.58. The summed E-state index contributed by atoms with van der Waals surface area (Å²) in [6, 6.07) is 7.58. The third-order valence-corrected chi connectivity index (χ3v) is 9.93. The number of ether oxygens (including phenoxy) is 1. The second kappa shape index (κ2) is 8.50. The number of rotatable bonds is 7. The number of esters is 1. The van der Waals surface area contributed by atoms with E-state index in [1.807, 2.05) is 31.2 Å². The first kappa shape index (κ1) is 22.6. The molecule has 0 saturated heterocycles. The van der Waals surface area contributed by atoms with Crippen molar-refractivity contribution in [2.75, 3.05) is 7.11 Å². The van der Waals surface area contributed by atoms with Crippen LogP contribution in [0.3, 0.4) is 0 Å². The Labute approximate surface area is 159 Å². The molecule has 4 nitrogen and oxygen atoms in total. The summed E-state index contributed by atoms with van der Waals surface area (Å²) in [5.74, 6) is -0.469. The maximum atomic E-state index is 12.3. The molecule has 0 aliphatic heterocycles. The molecule has 0 spiro atoms. The molecule has 0 heterocycles. The van der Waals surface area contributed by atoms with Crippen LogP contribution in [0.4, 0.5) is 0 Å². The molecule has 0 fully saturated rings. The average molecular weight is 379 g/mol. The van der Waals surface area contributed by atoms with Crippen LogP contribution in [0.5, 0.6) is 0 Å². The normalized spacial score (nSPS) is 16.3. The lowest BCUT2D eigenvalue weighted by atomic mass is 9.79. The van der Waals surface area contributed by atoms with E-state index >= 15 is 0 Å². The second-order valence-corrected chi connectivity index (χ2v) is 13.2. The van der Waals surface area contributed by atoms with Gasteiger partial charge in [0, 0.05) is 0 Å². The van der Waals surface area contributed by atoms with Gasteiger partial charge in [-0.15, -0.1) is 0 Å². The van der Waals surface area contributed by atoms with Crippen molar-refractivity contribution in [2.45, 2.75) is 65.5 Å². The van der Waals surface area contributed by atoms with Gasteiger partial charge in [0.2, 0.25) is 0 Å². The quantitative estimate of drug-likeness (QED) is 0.412. The van der Waals surface area contributed by atoms with Gasteiger partial charge in [0.1, 0.15) is 5.41 Å². The first-order chi connectivity index (χ1) is 11.9. The predicted molar refractivity (Wildman–Crippen MR) is 108 cm³/mol. The van der Waals surface area contributed by atoms with Gasteiger partial charge in [-0.2, -0.15) is 0 Å². The maximum Gasteiger partial charge on any atom is 0.318 e. The van der Waals surface area contributed by atoms with Crippen molar-refractivity contribution in [2.24, 2.45) is 5.41 Å². The Morgan fingerprint density at radius 2 is 1.81 bits per heavy atom. The van der Waals surface area contributed by atoms with Crippen LogP contribution in [0.25, 0.3) is 0 Å². The van der Waals surface area contributed by atoms with Crippen LogP contribution in [0.1, 0.15) is 51.8 Å². The molecule has 0 radical (unpaired) electrons. The lowest BCUT2D eigenvalue weighted by Gasteiger charge is -2.37. The first-order valence-electron chi connectivity index (χ1n) is 9.03. The van der Waals surface area contributed by atoms with Crippen LogP contribution in [0.2, 0.25) is 18.1 Å². The first-order valence-corrected chi connectivity index (χ1v) is 11.9. The molecule has 1 N–H and O–H groups in total. The highest BCUT2D eigenvalue weighted by Gasteiger charge is 2.41. The molecule has 5 heteroatoms. The van der Waals surface area contributed by atoms with E-state index < -0.39 is 25.8 Å². The Bertz CT molecular complexity index is 646. The van der Waals surface area contributed by atoms with Crippen molar-refractivity contribution in [1.29, 1.82) is 0 Å². The molecule has 146 valence electrons. The van der Waals surface area contributed by atoms with Crippen molar-refractivity contribution < 1.29 is 19.1 Å². The minimum absolute atomic E-state index is 0.103. The highest BCUT2D eigenvalue weighted by Crippen LogP contribution is 2.40. The molecule has 2 atom stereocenters. The molecule has 0 aromatic heterocycles. The summed E-state index contributed by atoms with van der Waals surface area (Å²) in [5.41, 5.74) is 0.429. The zero-order valence-electron chi connectivity index (χ0n) is 17.4. The van der Waals surface area contributed by atoms with Crippen LogP contribution in [0, 0.1) is 5.41 Å². The predicted octanol–water partition coefficient (Wildman–Crippen LogP) is 5.00. The fourth-order valence-electron chi connectivity index (χ4n) is 2.57. The largest absolute Gasteiger partial charge is 0.468 e. The molecule has 0 saturated carbocycles. The number of aliphatic hydroxyl groups excluding tert-OH is 1. The van der Waals surface area contributed by atoms with Crippen LogP contribution in [-0.2, 0) is 20.6 Å². The lowest BCUT2D eigenvalue weighted by Crippen LogP contribution is -2.40. The van der Waals surface area contributed by atoms with Gasteiger partial charge in [-0.25, -0.2) is 0 Å². The van der Waals surface area contributed by atoms with Crippen LogP contribution in [-0.4, -0.2) is 26.5 Å². The Balaban J connectivity index is 3.21. The third kappa shape index (κ3) is 4.84. The molecule has 26 heavy (non-hydrogen) atoms. The van der Waals surface area contributed by atoms with Gasteiger partial charge < -0.3 is 14.3 Å². The smallest absolute Gasteiger partial charge is 0.318 e. The second-order valence-electron chi connectivity index (χ2n) is 8.42. The summed E-state index contributed by atoms with van der Waals surface area (Å²) in [5, 5.41) is 11.1. The number of aliphatic hydroxyl groups is 1. The van der Waals surface area contributed by atoms with E-state index in [1.165, 1.54) is 7.11 Å². The van der Waals surface area contributed by atoms with Gasteiger partial charge in [-0.05, 0) is 43.1 Å². The molecular formula is C21H34O4Si. The highest BCUT2D eigenvalue weighted by molar-refractivity contribution is 6.74. The van der Waals surface area contributed by atoms with E-state index in [9.17, 15) is 9.90 Å². The molecule has 1 aromatic carbocycles. The molecule has 0 bridgehead atoms. The van der Waals surface area contributed by atoms with Crippen molar-refractivity contribution in [1.82, 2.24) is 0 Å². The van der Waals surface area contributed by atoms with E-state index in [1.54, 1.807) is 19.1 Å². The summed E-state index contributed by atoms with van der Waals surface area (Å²) in [7, 11) is -0.586. The van der Waals surface area contributed by atoms with Crippen molar-refractivity contribution in [3.05, 3.63) is 47.5 Å². The zero-order chi connectivity index (χ0) is 20.2. The Morgan fingerprint density at radius 3 is 2.31 bits per heavy atom. The maximum absolute atomic E-state index is 12.3. The minimum atomic E-state index is -1.92. The van der Waals surface area contributed by atoms with Gasteiger partial charge in [0.15, 0.2) is 8.32 Å². The third-order valence-electron chi connectivity index (χ3n) is 5.45. The zero-order valence-corrected chi connectivity index (χ0v) is 18.4. The number of carbonyl (C=O) groups is 1. The van der Waals surface area contributed by atoms with Crippen LogP contribution < -0.4 is 0 Å². The van der Waals surface area contributed by atoms with Gasteiger partial charge in [0.05, 0.1) is 19.8 Å². The van der Waals surface area contributed by atoms with Crippen molar-refractivity contribution >= 4 is 14.3 Å². The van der Waals surface area contributed by atoms with Gasteiger partial charge in [-0.1, -0.05) is 57.2 Å². The molecule has 0 unspecified atom stereocenters. The summed E-state index contributed by atoms with van der Waals surface area (Å²) >= 11 is 0. The molecular weight excluding hydrogens is 344 g/mol. The van der Waals surface area contributed by atoms with Gasteiger partial charge >= 0.3 is 5.97 Å². The van der Waals surface area contributed by atoms with E-state index in [2.05, 4.69) is 33.9 Å². The minimum Gasteiger partial charge on any atom is -0.468 e. The number of methoxy groups -OCH3 is 1. The fraction of sp³-hybridized carbons (Fsp3) is 0.571. The molecule has 0 amide bonds. The topological polar surface area (TPSA) is 55.8 Å². The lowest BCUT2D eigenvalue weighted by molar-refractivity contribution is -0.155. The fourth-order valence-corrected chi connectivity index (χ4v) is 3.52. The summed E-state index contributed by atoms with van der Waals surface area (Å²) < 4.78 is 11.3. The van der Waals surface area contributed by atoms with Gasteiger partial charge in [0.25, 0.3) is 0 Å². The number of allylic oxidation sites excluding steroid dienone is 1. The standard InChI is InChI=1S/C21H34O4Si/c1-9-14-21(5,19(23)24-6)18(22)17-13-11-10-12-16(17)15-25-26(7,8)20(2,3)4/h9-14,18,22H,15H2,1-8H3/b14-9+/t18-,21-/m1/s1. The molecule has 1 rings (SSSR count). The monoisotopic (exact) mass is 378 g/mol. The van der Waals surface area contributed by atoms with E-state index in [0.29, 0.717) is 12.2 Å². The van der Waals surface area contributed by atoms with Crippen LogP contribution >= 0.6 is 0 Å². The summed E-state index contributed by atoms with van der Waals surface area (Å²) in [6.45, 7) is 14.9. The number of hydrogen-bond donors (Lipinski definition) is 1. The van der Waals surface area contributed by atoms with E-state index in [4.69, 9.17) is 9.16 Å². The Hall–Kier alpha value is -1.43. The number of carbonyl (C=O) groups excluding carboxylic acids is 1. The molecule has 1 aromatic rings. The Morgan fingerprint density at radius 1 is 1.23 bits per heavy atom. The Kier molecular flexibility index (Phi) is 7.39. The van der Waals surface area contributed by atoms with Crippen molar-refractivity contribution in [3.63, 3.8) is 0 Å². The molecule has 0 aliphatic rings. The number of benzene rings is 1. The van der Waals surface area contributed by atoms with Crippen LogP contribution in [0.15, 0.2) is 36.4 Å². The highest BCUT2D eigenvalue weighted by atomic mass is 28.4. The molecule has 0 aliphatic carbocycles. The van der Waals surface area contributed by atoms with Crippen molar-refractivity contribution in [3.8, 4) is 0 Å². The number of hydrogen-bond acceptors (Lipinski definition) is 4. The SMILES string of the molecule is C/C=C/[C@@](C)(C(=O)OC)[C@H](O)c1ccccc1CO[Si](C)(C)C(C)(C)C. The van der Waals surface area contributed by atoms with E-state index in [-0.39, 0.29) is 5.04 Å². The van der Waals surface area contributed by atoms with Gasteiger partial charge in [-0.3, -0.25) is 4.79 Å². The van der Waals surface area contributed by atoms with E-state index in [0.717, 1.165) is 5.56 Å². The summed E-state index contributed by atoms with van der Waals surface area (Å²) in [6.07, 6.45) is 2.43. The summed E-state index contributed by atoms with van der Waals surface area (Å²) in [4.78, 5) is 12.3.